The molecule has 27 heavy (non-hydrogen) atoms. The highest BCUT2D eigenvalue weighted by Crippen LogP contribution is 2.41. The first-order valence-corrected chi connectivity index (χ1v) is 9.73. The quantitative estimate of drug-likeness (QED) is 0.832. The summed E-state index contributed by atoms with van der Waals surface area (Å²) < 4.78 is 5.37. The van der Waals surface area contributed by atoms with E-state index in [9.17, 15) is 9.59 Å². The van der Waals surface area contributed by atoms with Crippen molar-refractivity contribution in [1.29, 1.82) is 0 Å². The summed E-state index contributed by atoms with van der Waals surface area (Å²) in [6.07, 6.45) is 5.07. The second kappa shape index (κ2) is 7.18. The van der Waals surface area contributed by atoms with E-state index in [1.54, 1.807) is 4.90 Å². The Morgan fingerprint density at radius 1 is 1.22 bits per heavy atom. The van der Waals surface area contributed by atoms with Crippen LogP contribution in [0.1, 0.15) is 43.0 Å². The number of nitrogens with zero attached hydrogens (tertiary/aromatic N) is 3. The molecule has 2 fully saturated rings. The lowest BCUT2D eigenvalue weighted by Crippen LogP contribution is -2.50. The molecule has 0 bridgehead atoms. The number of rotatable bonds is 4. The Bertz CT molecular complexity index is 830. The maximum atomic E-state index is 13.1. The van der Waals surface area contributed by atoms with Crippen LogP contribution in [0, 0.1) is 5.41 Å². The molecule has 0 aliphatic carbocycles. The lowest BCUT2D eigenvalue weighted by atomic mass is 9.78. The van der Waals surface area contributed by atoms with Crippen molar-refractivity contribution in [3.05, 3.63) is 42.1 Å². The van der Waals surface area contributed by atoms with Gasteiger partial charge in [0.2, 0.25) is 5.91 Å². The molecule has 6 heteroatoms. The fourth-order valence-electron chi connectivity index (χ4n) is 4.42. The Balaban J connectivity index is 1.54. The Labute approximate surface area is 159 Å². The van der Waals surface area contributed by atoms with Gasteiger partial charge in [0.05, 0.1) is 11.6 Å². The highest BCUT2D eigenvalue weighted by molar-refractivity contribution is 6.00. The Kier molecular flexibility index (Phi) is 4.72. The van der Waals surface area contributed by atoms with Gasteiger partial charge in [-0.15, -0.1) is 0 Å². The molecule has 2 aromatic rings. The number of amides is 2. The van der Waals surface area contributed by atoms with E-state index in [1.807, 2.05) is 35.2 Å². The van der Waals surface area contributed by atoms with Gasteiger partial charge in [-0.25, -0.2) is 0 Å². The molecule has 1 atom stereocenters. The molecule has 2 saturated heterocycles. The van der Waals surface area contributed by atoms with Crippen LogP contribution < -0.4 is 0 Å². The highest BCUT2D eigenvalue weighted by Gasteiger charge is 2.49. The van der Waals surface area contributed by atoms with Crippen LogP contribution in [-0.4, -0.2) is 52.9 Å². The summed E-state index contributed by atoms with van der Waals surface area (Å²) in [4.78, 5) is 30.0. The van der Waals surface area contributed by atoms with Gasteiger partial charge in [-0.3, -0.25) is 9.59 Å². The Hall–Kier alpha value is -2.63. The number of carbonyl (C=O) groups is 2. The monoisotopic (exact) mass is 367 g/mol. The van der Waals surface area contributed by atoms with Crippen molar-refractivity contribution in [2.75, 3.05) is 26.2 Å². The molecule has 2 aliphatic heterocycles. The van der Waals surface area contributed by atoms with Gasteiger partial charge < -0.3 is 14.3 Å². The average Bonchev–Trinajstić information content (AvgIpc) is 3.34. The van der Waals surface area contributed by atoms with Gasteiger partial charge in [-0.1, -0.05) is 42.4 Å². The summed E-state index contributed by atoms with van der Waals surface area (Å²) in [5.74, 6) is 0.607. The van der Waals surface area contributed by atoms with Crippen LogP contribution in [0.15, 0.2) is 41.1 Å². The van der Waals surface area contributed by atoms with Crippen molar-refractivity contribution in [2.45, 2.75) is 32.6 Å². The van der Waals surface area contributed by atoms with Gasteiger partial charge in [0.15, 0.2) is 5.76 Å². The van der Waals surface area contributed by atoms with Crippen molar-refractivity contribution >= 4 is 11.8 Å². The van der Waals surface area contributed by atoms with E-state index in [4.69, 9.17) is 4.52 Å². The first kappa shape index (κ1) is 17.8. The van der Waals surface area contributed by atoms with Gasteiger partial charge in [0, 0.05) is 31.7 Å². The Morgan fingerprint density at radius 2 is 2.04 bits per heavy atom. The largest absolute Gasteiger partial charge is 0.355 e. The Morgan fingerprint density at radius 3 is 2.81 bits per heavy atom. The molecule has 0 saturated carbocycles. The SMILES string of the molecule is CCCN1CCC[C@]2(CCN(C(=O)c3cnoc3-c3ccccc3)C2)C1=O. The zero-order chi connectivity index (χ0) is 18.9. The highest BCUT2D eigenvalue weighted by atomic mass is 16.5. The minimum Gasteiger partial charge on any atom is -0.355 e. The third-order valence-corrected chi connectivity index (χ3v) is 5.80. The zero-order valence-electron chi connectivity index (χ0n) is 15.7. The van der Waals surface area contributed by atoms with Gasteiger partial charge in [-0.05, 0) is 25.7 Å². The van der Waals surface area contributed by atoms with E-state index < -0.39 is 5.41 Å². The van der Waals surface area contributed by atoms with Gasteiger partial charge in [0.1, 0.15) is 5.56 Å². The number of carbonyl (C=O) groups excluding carboxylic acids is 2. The maximum absolute atomic E-state index is 13.1. The van der Waals surface area contributed by atoms with E-state index in [2.05, 4.69) is 12.1 Å². The zero-order valence-corrected chi connectivity index (χ0v) is 15.7. The number of hydrogen-bond donors (Lipinski definition) is 0. The molecule has 0 N–H and O–H groups in total. The number of likely N-dealkylation sites (tertiary alicyclic amines) is 2. The first-order valence-electron chi connectivity index (χ1n) is 9.73. The van der Waals surface area contributed by atoms with E-state index >= 15 is 0 Å². The average molecular weight is 367 g/mol. The third-order valence-electron chi connectivity index (χ3n) is 5.80. The topological polar surface area (TPSA) is 66.7 Å². The fourth-order valence-corrected chi connectivity index (χ4v) is 4.42. The van der Waals surface area contributed by atoms with Crippen molar-refractivity contribution in [3.8, 4) is 11.3 Å². The smallest absolute Gasteiger partial charge is 0.259 e. The van der Waals surface area contributed by atoms with E-state index in [0.29, 0.717) is 24.4 Å². The molecule has 4 rings (SSSR count). The normalized spacial score (nSPS) is 22.6. The molecule has 0 unspecified atom stereocenters. The molecule has 1 spiro atoms. The molecule has 6 nitrogen and oxygen atoms in total. The second-order valence-corrected chi connectivity index (χ2v) is 7.59. The van der Waals surface area contributed by atoms with Crippen molar-refractivity contribution in [2.24, 2.45) is 5.41 Å². The number of piperidine rings is 1. The molecule has 2 aliphatic rings. The number of hydrogen-bond acceptors (Lipinski definition) is 4. The minimum atomic E-state index is -0.410. The van der Waals surface area contributed by atoms with Crippen molar-refractivity contribution in [1.82, 2.24) is 15.0 Å². The summed E-state index contributed by atoms with van der Waals surface area (Å²) >= 11 is 0. The molecular weight excluding hydrogens is 342 g/mol. The molecule has 0 radical (unpaired) electrons. The maximum Gasteiger partial charge on any atom is 0.259 e. The van der Waals surface area contributed by atoms with Crippen LogP contribution in [0.2, 0.25) is 0 Å². The van der Waals surface area contributed by atoms with Crippen LogP contribution in [0.3, 0.4) is 0 Å². The van der Waals surface area contributed by atoms with Crippen LogP contribution in [-0.2, 0) is 4.79 Å². The van der Waals surface area contributed by atoms with Crippen molar-refractivity contribution in [3.63, 3.8) is 0 Å². The predicted molar refractivity (Wildman–Crippen MR) is 101 cm³/mol. The fraction of sp³-hybridized carbons (Fsp3) is 0.476. The summed E-state index contributed by atoms with van der Waals surface area (Å²) in [7, 11) is 0. The third kappa shape index (κ3) is 3.13. The van der Waals surface area contributed by atoms with E-state index in [-0.39, 0.29) is 11.8 Å². The van der Waals surface area contributed by atoms with Gasteiger partial charge >= 0.3 is 0 Å². The summed E-state index contributed by atoms with van der Waals surface area (Å²) in [5, 5.41) is 3.85. The van der Waals surface area contributed by atoms with E-state index in [1.165, 1.54) is 6.20 Å². The number of aromatic nitrogens is 1. The molecular formula is C21H25N3O3. The van der Waals surface area contributed by atoms with Gasteiger partial charge in [0.25, 0.3) is 5.91 Å². The molecule has 1 aromatic carbocycles. The lowest BCUT2D eigenvalue weighted by Gasteiger charge is -2.39. The van der Waals surface area contributed by atoms with E-state index in [0.717, 1.165) is 44.3 Å². The van der Waals surface area contributed by atoms with Crippen molar-refractivity contribution < 1.29 is 14.1 Å². The summed E-state index contributed by atoms with van der Waals surface area (Å²) in [6, 6.07) is 9.52. The van der Waals surface area contributed by atoms with Crippen LogP contribution in [0.4, 0.5) is 0 Å². The standard InChI is InChI=1S/C21H25N3O3/c1-2-11-23-12-6-9-21(20(23)26)10-13-24(15-21)19(25)17-14-22-27-18(17)16-7-4-3-5-8-16/h3-5,7-8,14H,2,6,9-13,15H2,1H3/t21-/m1/s1. The van der Waals surface area contributed by atoms with Crippen LogP contribution in [0.5, 0.6) is 0 Å². The van der Waals surface area contributed by atoms with Crippen LogP contribution in [0.25, 0.3) is 11.3 Å². The molecule has 142 valence electrons. The lowest BCUT2D eigenvalue weighted by molar-refractivity contribution is -0.145. The minimum absolute atomic E-state index is 0.104. The molecule has 1 aromatic heterocycles. The molecule has 2 amide bonds. The summed E-state index contributed by atoms with van der Waals surface area (Å²) in [6.45, 7) is 4.83. The molecule has 3 heterocycles. The first-order chi connectivity index (χ1) is 13.1. The second-order valence-electron chi connectivity index (χ2n) is 7.59. The number of benzene rings is 1. The van der Waals surface area contributed by atoms with Gasteiger partial charge in [-0.2, -0.15) is 0 Å². The van der Waals surface area contributed by atoms with Crippen LogP contribution >= 0.6 is 0 Å². The summed E-state index contributed by atoms with van der Waals surface area (Å²) in [5.41, 5.74) is 0.884. The predicted octanol–water partition coefficient (Wildman–Crippen LogP) is 3.21.